The number of ether oxygens (including phenoxy) is 2. The largest absolute Gasteiger partial charge is 0.493 e. The summed E-state index contributed by atoms with van der Waals surface area (Å²) >= 11 is 0. The molecule has 1 heterocycles. The second-order valence-corrected chi connectivity index (χ2v) is 7.96. The van der Waals surface area contributed by atoms with Gasteiger partial charge in [0.2, 0.25) is 5.88 Å². The van der Waals surface area contributed by atoms with Crippen LogP contribution in [0.1, 0.15) is 35.0 Å². The summed E-state index contributed by atoms with van der Waals surface area (Å²) in [7, 11) is 1.62. The predicted molar refractivity (Wildman–Crippen MR) is 133 cm³/mol. The van der Waals surface area contributed by atoms with Crippen molar-refractivity contribution in [2.75, 3.05) is 13.7 Å². The van der Waals surface area contributed by atoms with E-state index in [1.54, 1.807) is 11.8 Å². The molecule has 6 heteroatoms. The van der Waals surface area contributed by atoms with Crippen molar-refractivity contribution in [1.82, 2.24) is 14.7 Å². The molecule has 0 radical (unpaired) electrons. The van der Waals surface area contributed by atoms with Crippen molar-refractivity contribution in [2.45, 2.75) is 26.8 Å². The molecular weight excluding hydrogens is 426 g/mol. The summed E-state index contributed by atoms with van der Waals surface area (Å²) in [4.78, 5) is 15.2. The number of hydrogen-bond acceptors (Lipinski definition) is 4. The molecule has 0 aliphatic rings. The highest BCUT2D eigenvalue weighted by molar-refractivity contribution is 5.94. The highest BCUT2D eigenvalue weighted by atomic mass is 16.5. The molecule has 4 rings (SSSR count). The van der Waals surface area contributed by atoms with Gasteiger partial charge in [0.15, 0.2) is 11.5 Å². The van der Waals surface area contributed by atoms with E-state index in [1.807, 2.05) is 96.8 Å². The second kappa shape index (κ2) is 10.7. The molecule has 0 aliphatic carbocycles. The van der Waals surface area contributed by atoms with Crippen LogP contribution in [-0.4, -0.2) is 34.2 Å². The molecule has 0 N–H and O–H groups in total. The van der Waals surface area contributed by atoms with Gasteiger partial charge >= 0.3 is 0 Å². The lowest BCUT2D eigenvalue weighted by Crippen LogP contribution is -2.31. The van der Waals surface area contributed by atoms with E-state index in [0.717, 1.165) is 23.4 Å². The van der Waals surface area contributed by atoms with Gasteiger partial charge in [0.1, 0.15) is 0 Å². The van der Waals surface area contributed by atoms with Crippen LogP contribution in [0.5, 0.6) is 17.4 Å². The number of methoxy groups -OCH3 is 1. The molecule has 0 bridgehead atoms. The third-order valence-electron chi connectivity index (χ3n) is 5.56. The van der Waals surface area contributed by atoms with Gasteiger partial charge in [0.05, 0.1) is 30.6 Å². The zero-order valence-corrected chi connectivity index (χ0v) is 19.8. The van der Waals surface area contributed by atoms with Gasteiger partial charge in [-0.1, -0.05) is 55.5 Å². The fraction of sp³-hybridized carbons (Fsp3) is 0.214. The maximum Gasteiger partial charge on any atom is 0.254 e. The number of nitrogens with zero attached hydrogens (tertiary/aromatic N) is 3. The summed E-state index contributed by atoms with van der Waals surface area (Å²) in [5, 5.41) is 4.79. The average molecular weight is 456 g/mol. The molecule has 0 unspecified atom stereocenters. The minimum absolute atomic E-state index is 0.0162. The van der Waals surface area contributed by atoms with Crippen LogP contribution in [0.3, 0.4) is 0 Å². The Balaban J connectivity index is 1.78. The first kappa shape index (κ1) is 23.1. The Bertz CT molecular complexity index is 1240. The highest BCUT2D eigenvalue weighted by Gasteiger charge is 2.24. The summed E-state index contributed by atoms with van der Waals surface area (Å²) in [6.45, 7) is 5.02. The van der Waals surface area contributed by atoms with Crippen molar-refractivity contribution in [3.05, 3.63) is 102 Å². The fourth-order valence-electron chi connectivity index (χ4n) is 3.85. The molecular formula is C28H29N3O3. The van der Waals surface area contributed by atoms with E-state index >= 15 is 0 Å². The molecule has 34 heavy (non-hydrogen) atoms. The van der Waals surface area contributed by atoms with Crippen molar-refractivity contribution >= 4 is 5.91 Å². The maximum absolute atomic E-state index is 13.3. The molecule has 4 aromatic rings. The number of para-hydroxylation sites is 3. The zero-order chi connectivity index (χ0) is 23.9. The first-order chi connectivity index (χ1) is 16.6. The molecule has 0 atom stereocenters. The van der Waals surface area contributed by atoms with Crippen LogP contribution in [0, 0.1) is 6.92 Å². The summed E-state index contributed by atoms with van der Waals surface area (Å²) in [5.41, 5.74) is 3.19. The number of aryl methyl sites for hydroxylation is 1. The number of carbonyl (C=O) groups excluding carboxylic acids is 1. The third kappa shape index (κ3) is 4.96. The minimum Gasteiger partial charge on any atom is -0.493 e. The van der Waals surface area contributed by atoms with E-state index < -0.39 is 0 Å². The minimum atomic E-state index is -0.0162. The molecule has 0 fully saturated rings. The van der Waals surface area contributed by atoms with Gasteiger partial charge in [0.25, 0.3) is 5.91 Å². The van der Waals surface area contributed by atoms with Gasteiger partial charge in [0, 0.05) is 12.1 Å². The standard InChI is InChI=1S/C28H29N3O3/c1-4-19-30(27(32)22-13-7-5-8-14-22)20-24-21(2)29-31(23-15-9-6-10-16-23)28(24)34-26-18-12-11-17-25(26)33-3/h5-18H,4,19-20H2,1-3H3. The molecule has 0 spiro atoms. The summed E-state index contributed by atoms with van der Waals surface area (Å²) in [6, 6.07) is 26.7. The van der Waals surface area contributed by atoms with E-state index in [0.29, 0.717) is 36.0 Å². The Morgan fingerprint density at radius 3 is 2.18 bits per heavy atom. The molecule has 6 nitrogen and oxygen atoms in total. The lowest BCUT2D eigenvalue weighted by Gasteiger charge is -2.23. The summed E-state index contributed by atoms with van der Waals surface area (Å²) in [6.07, 6.45) is 0.840. The first-order valence-electron chi connectivity index (χ1n) is 11.4. The van der Waals surface area contributed by atoms with Crippen LogP contribution < -0.4 is 9.47 Å². The van der Waals surface area contributed by atoms with E-state index in [9.17, 15) is 4.79 Å². The van der Waals surface area contributed by atoms with E-state index in [2.05, 4.69) is 6.92 Å². The normalized spacial score (nSPS) is 10.7. The second-order valence-electron chi connectivity index (χ2n) is 7.96. The van der Waals surface area contributed by atoms with Crippen LogP contribution in [0.25, 0.3) is 5.69 Å². The molecule has 0 saturated heterocycles. The third-order valence-corrected chi connectivity index (χ3v) is 5.56. The van der Waals surface area contributed by atoms with E-state index in [1.165, 1.54) is 0 Å². The monoisotopic (exact) mass is 455 g/mol. The topological polar surface area (TPSA) is 56.6 Å². The lowest BCUT2D eigenvalue weighted by atomic mass is 10.1. The van der Waals surface area contributed by atoms with Gasteiger partial charge in [-0.15, -0.1) is 0 Å². The van der Waals surface area contributed by atoms with Gasteiger partial charge in [-0.05, 0) is 49.7 Å². The Kier molecular flexibility index (Phi) is 7.28. The van der Waals surface area contributed by atoms with Crippen LogP contribution in [0.4, 0.5) is 0 Å². The number of rotatable bonds is 9. The number of carbonyl (C=O) groups is 1. The van der Waals surface area contributed by atoms with Gasteiger partial charge < -0.3 is 14.4 Å². The van der Waals surface area contributed by atoms with Crippen LogP contribution in [-0.2, 0) is 6.54 Å². The smallest absolute Gasteiger partial charge is 0.254 e. The van der Waals surface area contributed by atoms with Crippen LogP contribution in [0.2, 0.25) is 0 Å². The van der Waals surface area contributed by atoms with Crippen molar-refractivity contribution in [3.8, 4) is 23.1 Å². The summed E-state index contributed by atoms with van der Waals surface area (Å²) in [5.74, 6) is 1.75. The average Bonchev–Trinajstić information content (AvgIpc) is 3.19. The van der Waals surface area contributed by atoms with Crippen molar-refractivity contribution in [3.63, 3.8) is 0 Å². The quantitative estimate of drug-likeness (QED) is 0.309. The van der Waals surface area contributed by atoms with Gasteiger partial charge in [-0.25, -0.2) is 4.68 Å². The molecule has 3 aromatic carbocycles. The van der Waals surface area contributed by atoms with Gasteiger partial charge in [-0.2, -0.15) is 5.10 Å². The molecule has 0 aliphatic heterocycles. The number of hydrogen-bond donors (Lipinski definition) is 0. The first-order valence-corrected chi connectivity index (χ1v) is 11.4. The van der Waals surface area contributed by atoms with Gasteiger partial charge in [-0.3, -0.25) is 4.79 Å². The van der Waals surface area contributed by atoms with Crippen molar-refractivity contribution in [1.29, 1.82) is 0 Å². The van der Waals surface area contributed by atoms with Crippen LogP contribution >= 0.6 is 0 Å². The molecule has 1 amide bonds. The predicted octanol–water partition coefficient (Wildman–Crippen LogP) is 6.03. The van der Waals surface area contributed by atoms with Crippen LogP contribution in [0.15, 0.2) is 84.9 Å². The Hall–Kier alpha value is -4.06. The highest BCUT2D eigenvalue weighted by Crippen LogP contribution is 2.36. The molecule has 174 valence electrons. The SMILES string of the molecule is CCCN(Cc1c(C)nn(-c2ccccc2)c1Oc1ccccc1OC)C(=O)c1ccccc1. The Labute approximate surface area is 200 Å². The number of amides is 1. The van der Waals surface area contributed by atoms with E-state index in [4.69, 9.17) is 14.6 Å². The summed E-state index contributed by atoms with van der Waals surface area (Å²) < 4.78 is 13.7. The zero-order valence-electron chi connectivity index (χ0n) is 19.8. The molecule has 0 saturated carbocycles. The Morgan fingerprint density at radius 1 is 0.912 bits per heavy atom. The Morgan fingerprint density at radius 2 is 1.53 bits per heavy atom. The maximum atomic E-state index is 13.3. The number of aromatic nitrogens is 2. The lowest BCUT2D eigenvalue weighted by molar-refractivity contribution is 0.0742. The fourth-order valence-corrected chi connectivity index (χ4v) is 3.85. The molecule has 1 aromatic heterocycles. The van der Waals surface area contributed by atoms with Crippen molar-refractivity contribution in [2.24, 2.45) is 0 Å². The van der Waals surface area contributed by atoms with Crippen molar-refractivity contribution < 1.29 is 14.3 Å². The number of benzene rings is 3. The van der Waals surface area contributed by atoms with E-state index in [-0.39, 0.29) is 5.91 Å².